The maximum Gasteiger partial charge on any atom is 0.416 e. The lowest BCUT2D eigenvalue weighted by Gasteiger charge is -2.13. The number of aliphatic hydroxyl groups is 1. The molecule has 0 fully saturated rings. The number of aromatic nitrogens is 1. The summed E-state index contributed by atoms with van der Waals surface area (Å²) in [6, 6.07) is 7.80. The van der Waals surface area contributed by atoms with Crippen LogP contribution in [-0.4, -0.2) is 10.1 Å². The Morgan fingerprint density at radius 1 is 1.16 bits per heavy atom. The number of benzene rings is 1. The van der Waals surface area contributed by atoms with Gasteiger partial charge in [0.1, 0.15) is 6.10 Å². The van der Waals surface area contributed by atoms with Crippen LogP contribution in [0.2, 0.25) is 0 Å². The van der Waals surface area contributed by atoms with E-state index < -0.39 is 17.8 Å². The van der Waals surface area contributed by atoms with Crippen molar-refractivity contribution >= 4 is 15.9 Å². The van der Waals surface area contributed by atoms with E-state index in [2.05, 4.69) is 20.9 Å². The standard InChI is InChI=1S/C13H9BrF3NO/c14-10-4-5-11(18-7-10)12(19)8-2-1-3-9(6-8)13(15,16)17/h1-7,12,19H. The quantitative estimate of drug-likeness (QED) is 0.904. The van der Waals surface area contributed by atoms with E-state index in [1.54, 1.807) is 12.1 Å². The molecule has 0 saturated carbocycles. The SMILES string of the molecule is OC(c1cccc(C(F)(F)F)c1)c1ccc(Br)cn1. The molecule has 0 saturated heterocycles. The lowest BCUT2D eigenvalue weighted by Crippen LogP contribution is -2.08. The van der Waals surface area contributed by atoms with E-state index in [0.717, 1.165) is 16.6 Å². The van der Waals surface area contributed by atoms with Crippen LogP contribution in [0.5, 0.6) is 0 Å². The van der Waals surface area contributed by atoms with Crippen LogP contribution in [0.25, 0.3) is 0 Å². The van der Waals surface area contributed by atoms with Crippen LogP contribution < -0.4 is 0 Å². The predicted molar refractivity (Wildman–Crippen MR) is 67.4 cm³/mol. The number of hydrogen-bond donors (Lipinski definition) is 1. The lowest BCUT2D eigenvalue weighted by atomic mass is 10.0. The molecule has 100 valence electrons. The molecule has 1 N–H and O–H groups in total. The van der Waals surface area contributed by atoms with Crippen LogP contribution in [0.15, 0.2) is 47.1 Å². The van der Waals surface area contributed by atoms with Crippen molar-refractivity contribution in [2.75, 3.05) is 0 Å². The fourth-order valence-corrected chi connectivity index (χ4v) is 1.84. The first-order valence-electron chi connectivity index (χ1n) is 5.34. The fraction of sp³-hybridized carbons (Fsp3) is 0.154. The highest BCUT2D eigenvalue weighted by Crippen LogP contribution is 2.31. The Morgan fingerprint density at radius 3 is 2.47 bits per heavy atom. The molecule has 0 spiro atoms. The molecule has 2 nitrogen and oxygen atoms in total. The molecule has 0 aliphatic rings. The zero-order chi connectivity index (χ0) is 14.0. The second kappa shape index (κ2) is 5.30. The molecule has 2 aromatic rings. The molecule has 0 radical (unpaired) electrons. The largest absolute Gasteiger partial charge is 0.416 e. The average Bonchev–Trinajstić information content (AvgIpc) is 2.38. The van der Waals surface area contributed by atoms with Gasteiger partial charge in [-0.25, -0.2) is 0 Å². The smallest absolute Gasteiger partial charge is 0.382 e. The van der Waals surface area contributed by atoms with Crippen molar-refractivity contribution < 1.29 is 18.3 Å². The van der Waals surface area contributed by atoms with E-state index in [4.69, 9.17) is 0 Å². The Balaban J connectivity index is 2.34. The van der Waals surface area contributed by atoms with Gasteiger partial charge in [-0.3, -0.25) is 4.98 Å². The maximum absolute atomic E-state index is 12.6. The Labute approximate surface area is 116 Å². The van der Waals surface area contributed by atoms with Crippen molar-refractivity contribution in [1.82, 2.24) is 4.98 Å². The minimum atomic E-state index is -4.43. The van der Waals surface area contributed by atoms with Gasteiger partial charge in [-0.05, 0) is 45.8 Å². The van der Waals surface area contributed by atoms with Gasteiger partial charge < -0.3 is 5.11 Å². The molecule has 0 aliphatic carbocycles. The van der Waals surface area contributed by atoms with Crippen LogP contribution in [0.1, 0.15) is 22.9 Å². The fourth-order valence-electron chi connectivity index (χ4n) is 1.60. The molecule has 1 heterocycles. The second-order valence-electron chi connectivity index (χ2n) is 3.93. The van der Waals surface area contributed by atoms with Gasteiger partial charge in [-0.2, -0.15) is 13.2 Å². The van der Waals surface area contributed by atoms with Crippen molar-refractivity contribution in [2.24, 2.45) is 0 Å². The monoisotopic (exact) mass is 331 g/mol. The molecule has 6 heteroatoms. The summed E-state index contributed by atoms with van der Waals surface area (Å²) in [6.07, 6.45) is -4.13. The summed E-state index contributed by atoms with van der Waals surface area (Å²) in [5.74, 6) is 0. The second-order valence-corrected chi connectivity index (χ2v) is 4.84. The zero-order valence-corrected chi connectivity index (χ0v) is 11.1. The molecule has 1 unspecified atom stereocenters. The molecule has 0 aliphatic heterocycles. The van der Waals surface area contributed by atoms with E-state index >= 15 is 0 Å². The first kappa shape index (κ1) is 14.0. The summed E-state index contributed by atoms with van der Waals surface area (Å²) in [5, 5.41) is 10.0. The normalized spacial score (nSPS) is 13.3. The molecule has 0 bridgehead atoms. The number of hydrogen-bond acceptors (Lipinski definition) is 2. The number of nitrogens with zero attached hydrogens (tertiary/aromatic N) is 1. The number of alkyl halides is 3. The zero-order valence-electron chi connectivity index (χ0n) is 9.53. The summed E-state index contributed by atoms with van der Waals surface area (Å²) in [5.41, 5.74) is -0.340. The van der Waals surface area contributed by atoms with Gasteiger partial charge in [0.05, 0.1) is 11.3 Å². The van der Waals surface area contributed by atoms with Crippen molar-refractivity contribution in [2.45, 2.75) is 12.3 Å². The van der Waals surface area contributed by atoms with E-state index in [0.29, 0.717) is 5.69 Å². The third-order valence-corrected chi connectivity index (χ3v) is 3.03. The molecule has 1 atom stereocenters. The predicted octanol–water partition coefficient (Wildman–Crippen LogP) is 3.94. The van der Waals surface area contributed by atoms with Crippen molar-refractivity contribution in [3.8, 4) is 0 Å². The molecular formula is C13H9BrF3NO. The summed E-state index contributed by atoms with van der Waals surface area (Å²) >= 11 is 3.20. The minimum Gasteiger partial charge on any atom is -0.382 e. The van der Waals surface area contributed by atoms with E-state index in [1.165, 1.54) is 18.3 Å². The van der Waals surface area contributed by atoms with Crippen molar-refractivity contribution in [1.29, 1.82) is 0 Å². The summed E-state index contributed by atoms with van der Waals surface area (Å²) in [4.78, 5) is 3.97. The van der Waals surface area contributed by atoms with E-state index in [-0.39, 0.29) is 5.56 Å². The average molecular weight is 332 g/mol. The van der Waals surface area contributed by atoms with Crippen LogP contribution in [-0.2, 0) is 6.18 Å². The Hall–Kier alpha value is -1.40. The highest BCUT2D eigenvalue weighted by atomic mass is 79.9. The van der Waals surface area contributed by atoms with Gasteiger partial charge in [-0.1, -0.05) is 12.1 Å². The topological polar surface area (TPSA) is 33.1 Å². The van der Waals surface area contributed by atoms with Gasteiger partial charge in [-0.15, -0.1) is 0 Å². The van der Waals surface area contributed by atoms with Crippen LogP contribution in [0.4, 0.5) is 13.2 Å². The minimum absolute atomic E-state index is 0.157. The molecule has 19 heavy (non-hydrogen) atoms. The van der Waals surface area contributed by atoms with Crippen LogP contribution in [0.3, 0.4) is 0 Å². The number of rotatable bonds is 2. The first-order valence-corrected chi connectivity index (χ1v) is 6.14. The Bertz CT molecular complexity index is 569. The molecule has 0 amide bonds. The molecular weight excluding hydrogens is 323 g/mol. The Morgan fingerprint density at radius 2 is 1.89 bits per heavy atom. The van der Waals surface area contributed by atoms with Crippen molar-refractivity contribution in [3.63, 3.8) is 0 Å². The third kappa shape index (κ3) is 3.33. The maximum atomic E-state index is 12.6. The third-order valence-electron chi connectivity index (χ3n) is 2.56. The lowest BCUT2D eigenvalue weighted by molar-refractivity contribution is -0.137. The number of halogens is 4. The molecule has 1 aromatic heterocycles. The van der Waals surface area contributed by atoms with E-state index in [1.807, 2.05) is 0 Å². The van der Waals surface area contributed by atoms with Crippen molar-refractivity contribution in [3.05, 3.63) is 63.9 Å². The van der Waals surface area contributed by atoms with Gasteiger partial charge in [0.15, 0.2) is 0 Å². The van der Waals surface area contributed by atoms with Crippen LogP contribution >= 0.6 is 15.9 Å². The van der Waals surface area contributed by atoms with Gasteiger partial charge in [0.25, 0.3) is 0 Å². The van der Waals surface area contributed by atoms with Crippen LogP contribution in [0, 0.1) is 0 Å². The Kier molecular flexibility index (Phi) is 3.91. The number of aliphatic hydroxyl groups excluding tert-OH is 1. The van der Waals surface area contributed by atoms with Gasteiger partial charge in [0.2, 0.25) is 0 Å². The van der Waals surface area contributed by atoms with Gasteiger partial charge in [0, 0.05) is 10.7 Å². The summed E-state index contributed by atoms with van der Waals surface area (Å²) < 4.78 is 38.5. The molecule has 1 aromatic carbocycles. The first-order chi connectivity index (χ1) is 8.88. The molecule has 2 rings (SSSR count). The highest BCUT2D eigenvalue weighted by Gasteiger charge is 2.31. The summed E-state index contributed by atoms with van der Waals surface area (Å²) in [7, 11) is 0. The van der Waals surface area contributed by atoms with E-state index in [9.17, 15) is 18.3 Å². The van der Waals surface area contributed by atoms with Gasteiger partial charge >= 0.3 is 6.18 Å². The summed E-state index contributed by atoms with van der Waals surface area (Å²) in [6.45, 7) is 0. The number of pyridine rings is 1. The highest BCUT2D eigenvalue weighted by molar-refractivity contribution is 9.10.